The molecule has 0 spiro atoms. The second-order valence-electron chi connectivity index (χ2n) is 18.6. The number of esters is 1. The van der Waals surface area contributed by atoms with Gasteiger partial charge in [0.2, 0.25) is 0 Å². The fourth-order valence-corrected chi connectivity index (χ4v) is 8.37. The molecular formula is C51H58F2N6O8. The third kappa shape index (κ3) is 11.5. The lowest BCUT2D eigenvalue weighted by Crippen LogP contribution is -2.50. The first-order chi connectivity index (χ1) is 31.8. The number of piperazine rings is 2. The molecule has 2 saturated heterocycles. The third-order valence-electron chi connectivity index (χ3n) is 11.5. The van der Waals surface area contributed by atoms with E-state index >= 15 is 0 Å². The predicted molar refractivity (Wildman–Crippen MR) is 253 cm³/mol. The summed E-state index contributed by atoms with van der Waals surface area (Å²) in [5.41, 5.74) is 3.71. The molecule has 14 nitrogen and oxygen atoms in total. The molecule has 0 saturated carbocycles. The number of carboxylic acid groups (broad SMARTS) is 1. The highest BCUT2D eigenvalue weighted by atomic mass is 19.1. The lowest BCUT2D eigenvalue weighted by atomic mass is 10.1. The molecule has 8 rings (SSSR count). The van der Waals surface area contributed by atoms with Crippen molar-refractivity contribution in [3.63, 3.8) is 0 Å². The molecule has 6 aromatic rings. The van der Waals surface area contributed by atoms with E-state index in [1.165, 1.54) is 31.4 Å². The Morgan fingerprint density at radius 3 is 1.28 bits per heavy atom. The van der Waals surface area contributed by atoms with Crippen LogP contribution in [-0.2, 0) is 27.3 Å². The summed E-state index contributed by atoms with van der Waals surface area (Å²) in [4.78, 5) is 56.7. The number of fused-ring (bicyclic) bond motifs is 2. The minimum absolute atomic E-state index is 0.105. The Balaban J connectivity index is 0.000000199. The quantitative estimate of drug-likeness (QED) is 0.116. The number of hydrogen-bond donors (Lipinski definition) is 1. The first-order valence-electron chi connectivity index (χ1n) is 22.3. The van der Waals surface area contributed by atoms with Crippen LogP contribution in [0.2, 0.25) is 0 Å². The van der Waals surface area contributed by atoms with Crippen LogP contribution in [0.3, 0.4) is 0 Å². The van der Waals surface area contributed by atoms with Crippen molar-refractivity contribution < 1.29 is 47.3 Å². The Bertz CT molecular complexity index is 2750. The topological polar surface area (TPSA) is 139 Å². The van der Waals surface area contributed by atoms with Gasteiger partial charge in [0.05, 0.1) is 18.1 Å². The predicted octanol–water partition coefficient (Wildman–Crippen LogP) is 9.26. The van der Waals surface area contributed by atoms with Gasteiger partial charge in [-0.3, -0.25) is 0 Å². The molecule has 0 unspecified atom stereocenters. The van der Waals surface area contributed by atoms with Crippen molar-refractivity contribution in [1.29, 1.82) is 0 Å². The van der Waals surface area contributed by atoms with Gasteiger partial charge in [-0.15, -0.1) is 0 Å². The van der Waals surface area contributed by atoms with Crippen molar-refractivity contribution in [2.45, 2.75) is 65.8 Å². The molecule has 2 amide bonds. The number of carboxylic acids is 1. The molecule has 67 heavy (non-hydrogen) atoms. The second-order valence-corrected chi connectivity index (χ2v) is 18.6. The van der Waals surface area contributed by atoms with Crippen LogP contribution in [0, 0.1) is 11.6 Å². The molecule has 2 aromatic heterocycles. The number of methoxy groups -OCH3 is 1. The van der Waals surface area contributed by atoms with Crippen molar-refractivity contribution in [3.8, 4) is 0 Å². The van der Waals surface area contributed by atoms with Crippen LogP contribution < -0.4 is 9.80 Å². The van der Waals surface area contributed by atoms with Crippen molar-refractivity contribution >= 4 is 57.3 Å². The summed E-state index contributed by atoms with van der Waals surface area (Å²) < 4.78 is 48.9. The summed E-state index contributed by atoms with van der Waals surface area (Å²) in [7, 11) is 1.34. The molecule has 2 aliphatic rings. The van der Waals surface area contributed by atoms with E-state index in [2.05, 4.69) is 0 Å². The minimum atomic E-state index is -1.07. The SMILES string of the molecule is CC(C)(C)OC(=O)N1CCN(c2cc(F)cc3c2cc(C(=O)O)n3Cc2ccccc2)CC1.COC(=O)c1cc2c(N3CCN(C(=O)OC(C)(C)C)CC3)cc(F)cc2n1Cc1ccccc1. The third-order valence-corrected chi connectivity index (χ3v) is 11.5. The number of amides is 2. The zero-order valence-electron chi connectivity index (χ0n) is 39.1. The van der Waals surface area contributed by atoms with E-state index in [0.717, 1.165) is 16.5 Å². The van der Waals surface area contributed by atoms with Crippen molar-refractivity contribution in [3.05, 3.63) is 131 Å². The number of benzene rings is 4. The number of halogens is 2. The average molecular weight is 921 g/mol. The highest BCUT2D eigenvalue weighted by Gasteiger charge is 2.30. The molecule has 4 aromatic carbocycles. The van der Waals surface area contributed by atoms with E-state index in [1.807, 2.05) is 112 Å². The van der Waals surface area contributed by atoms with Gasteiger partial charge in [0.1, 0.15) is 34.2 Å². The standard InChI is InChI=1S/C26H30FN3O4.C25H28FN3O4/c1-26(2,3)34-25(32)29-12-10-28(11-13-29)21-14-19(27)15-22-20(21)16-23(24(31)33-4)30(22)17-18-8-6-5-7-9-18;1-25(2,3)33-24(32)28-11-9-27(10-12-28)20-13-18(26)14-21-19(20)15-22(23(30)31)29(21)16-17-7-5-4-6-8-17/h5-9,14-16H,10-13,17H2,1-4H3;4-8,13-15H,9-12,16H2,1-3H3,(H,30,31). The largest absolute Gasteiger partial charge is 0.477 e. The number of nitrogens with zero attached hydrogens (tertiary/aromatic N) is 6. The summed E-state index contributed by atoms with van der Waals surface area (Å²) >= 11 is 0. The van der Waals surface area contributed by atoms with Gasteiger partial charge in [0, 0.05) is 87.6 Å². The summed E-state index contributed by atoms with van der Waals surface area (Å²) in [5, 5.41) is 11.3. The van der Waals surface area contributed by atoms with Gasteiger partial charge in [-0.2, -0.15) is 0 Å². The number of anilines is 2. The first kappa shape index (κ1) is 47.9. The van der Waals surface area contributed by atoms with Gasteiger partial charge in [0.15, 0.2) is 0 Å². The lowest BCUT2D eigenvalue weighted by molar-refractivity contribution is 0.0230. The second kappa shape index (κ2) is 19.8. The van der Waals surface area contributed by atoms with Crippen LogP contribution in [0.5, 0.6) is 0 Å². The molecule has 2 fully saturated rings. The highest BCUT2D eigenvalue weighted by molar-refractivity contribution is 6.02. The zero-order chi connectivity index (χ0) is 48.2. The van der Waals surface area contributed by atoms with Gasteiger partial charge >= 0.3 is 24.1 Å². The lowest BCUT2D eigenvalue weighted by Gasteiger charge is -2.37. The Hall–Kier alpha value is -7.10. The number of rotatable bonds is 8. The maximum absolute atomic E-state index is 14.8. The number of carbonyl (C=O) groups excluding carboxylic acids is 3. The van der Waals surface area contributed by atoms with E-state index in [1.54, 1.807) is 31.1 Å². The van der Waals surface area contributed by atoms with E-state index < -0.39 is 29.0 Å². The number of aromatic nitrogens is 2. The fourth-order valence-electron chi connectivity index (χ4n) is 8.37. The summed E-state index contributed by atoms with van der Waals surface area (Å²) in [5.74, 6) is -2.37. The van der Waals surface area contributed by atoms with Crippen LogP contribution in [0.1, 0.15) is 73.6 Å². The highest BCUT2D eigenvalue weighted by Crippen LogP contribution is 2.35. The Morgan fingerprint density at radius 2 is 0.925 bits per heavy atom. The van der Waals surface area contributed by atoms with Crippen molar-refractivity contribution in [2.24, 2.45) is 0 Å². The van der Waals surface area contributed by atoms with E-state index in [9.17, 15) is 33.1 Å². The fraction of sp³-hybridized carbons (Fsp3) is 0.373. The Kier molecular flexibility index (Phi) is 14.1. The smallest absolute Gasteiger partial charge is 0.410 e. The van der Waals surface area contributed by atoms with Crippen LogP contribution in [-0.4, -0.2) is 119 Å². The molecule has 4 heterocycles. The maximum Gasteiger partial charge on any atom is 0.410 e. The zero-order valence-corrected chi connectivity index (χ0v) is 39.1. The number of hydrogen-bond acceptors (Lipinski definition) is 9. The molecule has 1 N–H and O–H groups in total. The first-order valence-corrected chi connectivity index (χ1v) is 22.3. The molecule has 0 bridgehead atoms. The van der Waals surface area contributed by atoms with E-state index in [4.69, 9.17) is 14.2 Å². The Morgan fingerprint density at radius 1 is 0.552 bits per heavy atom. The minimum Gasteiger partial charge on any atom is -0.477 e. The van der Waals surface area contributed by atoms with Gasteiger partial charge in [-0.05, 0) is 89.1 Å². The van der Waals surface area contributed by atoms with Crippen molar-refractivity contribution in [2.75, 3.05) is 69.3 Å². The monoisotopic (exact) mass is 920 g/mol. The maximum atomic E-state index is 14.8. The van der Waals surface area contributed by atoms with Gasteiger partial charge < -0.3 is 48.1 Å². The van der Waals surface area contributed by atoms with Gasteiger partial charge in [-0.1, -0.05) is 60.7 Å². The summed E-state index contributed by atoms with van der Waals surface area (Å²) in [6.45, 7) is 15.5. The molecule has 2 aliphatic heterocycles. The van der Waals surface area contributed by atoms with E-state index in [-0.39, 0.29) is 23.7 Å². The molecule has 354 valence electrons. The van der Waals surface area contributed by atoms with Crippen LogP contribution in [0.15, 0.2) is 97.1 Å². The molecular weight excluding hydrogens is 863 g/mol. The number of aromatic carboxylic acids is 1. The van der Waals surface area contributed by atoms with Crippen LogP contribution in [0.25, 0.3) is 21.8 Å². The normalized spacial score (nSPS) is 14.5. The summed E-state index contributed by atoms with van der Waals surface area (Å²) in [6, 6.07) is 28.3. The average Bonchev–Trinajstić information content (AvgIpc) is 3.83. The van der Waals surface area contributed by atoms with Gasteiger partial charge in [0.25, 0.3) is 0 Å². The van der Waals surface area contributed by atoms with Crippen LogP contribution in [0.4, 0.5) is 29.7 Å². The summed E-state index contributed by atoms with van der Waals surface area (Å²) in [6.07, 6.45) is -0.716. The molecule has 0 aliphatic carbocycles. The molecule has 0 radical (unpaired) electrons. The molecule has 0 atom stereocenters. The van der Waals surface area contributed by atoms with E-state index in [0.29, 0.717) is 98.9 Å². The number of ether oxygens (including phenoxy) is 3. The molecule has 16 heteroatoms. The van der Waals surface area contributed by atoms with Gasteiger partial charge in [-0.25, -0.2) is 28.0 Å². The Labute approximate surface area is 388 Å². The number of carbonyl (C=O) groups is 4. The van der Waals surface area contributed by atoms with Crippen molar-refractivity contribution in [1.82, 2.24) is 18.9 Å². The van der Waals surface area contributed by atoms with Crippen LogP contribution >= 0.6 is 0 Å².